The molecule has 3 aromatic rings. The SMILES string of the molecule is N#Cc1ccc(N2CCC(C(=O)Nc3ccc(N4CCC5(CC4)CN(CC4CN(c6ccc7c(c6)C(=O)N(C6CCC(=O)NC6=O)C7=O)C4)C5)cn3)CC2)cc1C(F)(F)F. The van der Waals surface area contributed by atoms with Gasteiger partial charge >= 0.3 is 6.18 Å². The Balaban J connectivity index is 0.694. The van der Waals surface area contributed by atoms with Crippen LogP contribution in [0.4, 0.5) is 36.1 Å². The van der Waals surface area contributed by atoms with Crippen LogP contribution >= 0.6 is 0 Å². The van der Waals surface area contributed by atoms with E-state index in [1.54, 1.807) is 24.4 Å². The predicted octanol–water partition coefficient (Wildman–Crippen LogP) is 4.27. The van der Waals surface area contributed by atoms with E-state index in [1.165, 1.54) is 12.1 Å². The molecule has 5 saturated heterocycles. The van der Waals surface area contributed by atoms with Gasteiger partial charge in [0.25, 0.3) is 11.8 Å². The third-order valence-electron chi connectivity index (χ3n) is 13.2. The average molecular weight is 824 g/mol. The van der Waals surface area contributed by atoms with Crippen molar-refractivity contribution in [1.29, 1.82) is 5.26 Å². The molecule has 2 aromatic carbocycles. The number of anilines is 4. The fraction of sp³-hybridized carbons (Fsp3) is 0.465. The quantitative estimate of drug-likeness (QED) is 0.313. The van der Waals surface area contributed by atoms with E-state index in [0.29, 0.717) is 54.3 Å². The van der Waals surface area contributed by atoms with Crippen LogP contribution in [-0.2, 0) is 20.6 Å². The second kappa shape index (κ2) is 15.2. The van der Waals surface area contributed by atoms with E-state index in [-0.39, 0.29) is 30.2 Å². The van der Waals surface area contributed by atoms with Crippen LogP contribution in [-0.4, -0.2) is 109 Å². The number of likely N-dealkylation sites (tertiary alicyclic amines) is 1. The first-order chi connectivity index (χ1) is 28.8. The van der Waals surface area contributed by atoms with Gasteiger partial charge in [-0.3, -0.25) is 34.2 Å². The average Bonchev–Trinajstić information content (AvgIpc) is 3.46. The zero-order valence-electron chi connectivity index (χ0n) is 32.8. The summed E-state index contributed by atoms with van der Waals surface area (Å²) < 4.78 is 40.4. The smallest absolute Gasteiger partial charge is 0.371 e. The van der Waals surface area contributed by atoms with Crippen LogP contribution in [0.3, 0.4) is 0 Å². The summed E-state index contributed by atoms with van der Waals surface area (Å²) >= 11 is 0. The van der Waals surface area contributed by atoms with Crippen LogP contribution in [0.15, 0.2) is 54.7 Å². The molecule has 1 aromatic heterocycles. The van der Waals surface area contributed by atoms with Crippen LogP contribution < -0.4 is 25.3 Å². The van der Waals surface area contributed by atoms with E-state index in [9.17, 15) is 37.1 Å². The first kappa shape index (κ1) is 39.4. The van der Waals surface area contributed by atoms with Gasteiger partial charge in [0, 0.05) is 88.5 Å². The molecule has 6 aliphatic rings. The van der Waals surface area contributed by atoms with Gasteiger partial charge in [0.05, 0.1) is 40.2 Å². The second-order valence-electron chi connectivity index (χ2n) is 17.1. The van der Waals surface area contributed by atoms with E-state index in [4.69, 9.17) is 5.26 Å². The van der Waals surface area contributed by atoms with Crippen LogP contribution in [0.25, 0.3) is 0 Å². The number of hydrogen-bond donors (Lipinski definition) is 2. The lowest BCUT2D eigenvalue weighted by Crippen LogP contribution is -2.63. The number of halogens is 3. The van der Waals surface area contributed by atoms with Gasteiger partial charge in [-0.25, -0.2) is 4.98 Å². The van der Waals surface area contributed by atoms with Crippen molar-refractivity contribution in [3.63, 3.8) is 0 Å². The fourth-order valence-electron chi connectivity index (χ4n) is 9.84. The summed E-state index contributed by atoms with van der Waals surface area (Å²) in [5, 5.41) is 14.2. The van der Waals surface area contributed by atoms with Gasteiger partial charge in [-0.05, 0) is 86.1 Å². The number of rotatable bonds is 8. The molecule has 1 unspecified atom stereocenters. The van der Waals surface area contributed by atoms with Crippen LogP contribution in [0.5, 0.6) is 0 Å². The fourth-order valence-corrected chi connectivity index (χ4v) is 9.84. The monoisotopic (exact) mass is 823 g/mol. The normalized spacial score (nSPS) is 22.3. The summed E-state index contributed by atoms with van der Waals surface area (Å²) in [5.41, 5.74) is 1.79. The summed E-state index contributed by atoms with van der Waals surface area (Å²) in [6.07, 6.45) is 0.492. The number of amides is 5. The van der Waals surface area contributed by atoms with Crippen molar-refractivity contribution in [3.05, 3.63) is 77.0 Å². The number of nitriles is 1. The van der Waals surface area contributed by atoms with Gasteiger partial charge in [-0.15, -0.1) is 0 Å². The third-order valence-corrected chi connectivity index (χ3v) is 13.2. The zero-order chi connectivity index (χ0) is 41.9. The molecule has 0 saturated carbocycles. The van der Waals surface area contributed by atoms with Crippen molar-refractivity contribution in [2.45, 2.75) is 50.7 Å². The Kier molecular flexibility index (Phi) is 10.0. The second-order valence-corrected chi connectivity index (χ2v) is 17.1. The number of piperidine rings is 3. The van der Waals surface area contributed by atoms with Gasteiger partial charge in [0.2, 0.25) is 17.7 Å². The topological polar surface area (TPSA) is 162 Å². The predicted molar refractivity (Wildman–Crippen MR) is 213 cm³/mol. The maximum atomic E-state index is 13.5. The maximum absolute atomic E-state index is 13.5. The highest BCUT2D eigenvalue weighted by molar-refractivity contribution is 6.23. The summed E-state index contributed by atoms with van der Waals surface area (Å²) in [5.74, 6) is -1.51. The van der Waals surface area contributed by atoms with Crippen LogP contribution in [0.1, 0.15) is 70.4 Å². The Morgan fingerprint density at radius 3 is 2.18 bits per heavy atom. The van der Waals surface area contributed by atoms with E-state index in [0.717, 1.165) is 81.0 Å². The minimum atomic E-state index is -4.63. The molecule has 0 aliphatic carbocycles. The Labute approximate surface area is 344 Å². The Bertz CT molecular complexity index is 2280. The minimum Gasteiger partial charge on any atom is -0.371 e. The molecule has 1 atom stereocenters. The lowest BCUT2D eigenvalue weighted by molar-refractivity contribution is -0.138. The number of imide groups is 2. The number of carbonyl (C=O) groups excluding carboxylic acids is 5. The highest BCUT2D eigenvalue weighted by Crippen LogP contribution is 2.43. The van der Waals surface area contributed by atoms with Gasteiger partial charge in [0.15, 0.2) is 0 Å². The summed E-state index contributed by atoms with van der Waals surface area (Å²) in [7, 11) is 0. The molecule has 312 valence electrons. The minimum absolute atomic E-state index is 0.0820. The summed E-state index contributed by atoms with van der Waals surface area (Å²) in [6.45, 7) is 7.51. The molecule has 7 heterocycles. The van der Waals surface area contributed by atoms with E-state index in [1.807, 2.05) is 23.1 Å². The highest BCUT2D eigenvalue weighted by Gasteiger charge is 2.47. The number of alkyl halides is 3. The van der Waals surface area contributed by atoms with Gasteiger partial charge in [-0.2, -0.15) is 18.4 Å². The molecule has 0 radical (unpaired) electrons. The van der Waals surface area contributed by atoms with Crippen molar-refractivity contribution in [2.75, 3.05) is 78.9 Å². The van der Waals surface area contributed by atoms with Gasteiger partial charge < -0.3 is 24.9 Å². The molecule has 17 heteroatoms. The largest absolute Gasteiger partial charge is 0.417 e. The Hall–Kier alpha value is -6.02. The number of nitrogens with zero attached hydrogens (tertiary/aromatic N) is 7. The number of fused-ring (bicyclic) bond motifs is 1. The van der Waals surface area contributed by atoms with Crippen LogP contribution in [0, 0.1) is 28.6 Å². The number of aromatic nitrogens is 1. The van der Waals surface area contributed by atoms with Crippen LogP contribution in [0.2, 0.25) is 0 Å². The lowest BCUT2D eigenvalue weighted by Gasteiger charge is -2.56. The number of carbonyl (C=O) groups is 5. The van der Waals surface area contributed by atoms with Crippen molar-refractivity contribution >= 4 is 52.4 Å². The highest BCUT2D eigenvalue weighted by atomic mass is 19.4. The molecule has 2 N–H and O–H groups in total. The molecule has 6 aliphatic heterocycles. The van der Waals surface area contributed by atoms with Crippen molar-refractivity contribution in [1.82, 2.24) is 20.1 Å². The molecular formula is C43H44F3N9O5. The third kappa shape index (κ3) is 7.41. The Morgan fingerprint density at radius 1 is 0.850 bits per heavy atom. The lowest BCUT2D eigenvalue weighted by atomic mass is 9.71. The number of nitrogens with one attached hydrogen (secondary N) is 2. The van der Waals surface area contributed by atoms with E-state index < -0.39 is 47.0 Å². The van der Waals surface area contributed by atoms with Crippen molar-refractivity contribution < 1.29 is 37.1 Å². The first-order valence-corrected chi connectivity index (χ1v) is 20.5. The number of hydrogen-bond acceptors (Lipinski definition) is 11. The van der Waals surface area contributed by atoms with E-state index >= 15 is 0 Å². The zero-order valence-corrected chi connectivity index (χ0v) is 32.8. The van der Waals surface area contributed by atoms with Gasteiger partial charge in [0.1, 0.15) is 11.9 Å². The molecule has 1 spiro atoms. The molecule has 14 nitrogen and oxygen atoms in total. The molecular weight excluding hydrogens is 780 g/mol. The first-order valence-electron chi connectivity index (χ1n) is 20.5. The summed E-state index contributed by atoms with van der Waals surface area (Å²) in [6, 6.07) is 13.4. The van der Waals surface area contributed by atoms with Crippen molar-refractivity contribution in [2.24, 2.45) is 17.3 Å². The number of benzene rings is 2. The maximum Gasteiger partial charge on any atom is 0.417 e. The van der Waals surface area contributed by atoms with Gasteiger partial charge in [-0.1, -0.05) is 0 Å². The number of pyridine rings is 1. The Morgan fingerprint density at radius 2 is 1.52 bits per heavy atom. The standard InChI is InChI=1S/C43H44F3N9O5/c44-43(45,46)34-18-30(2-1-28(34)19-47)52-13-9-27(10-14-52)38(57)49-36-7-4-31(20-48-36)53-15-11-42(12-16-53)24-51(25-42)21-26-22-54(23-26)29-3-5-32-33(17-29)41(60)55(40(32)59)35-6-8-37(56)50-39(35)58/h1-5,7,17-18,20,26-27,35H,6,8-16,21-25H2,(H,48,49,57)(H,50,56,58). The van der Waals surface area contributed by atoms with E-state index in [2.05, 4.69) is 30.3 Å². The summed E-state index contributed by atoms with van der Waals surface area (Å²) in [4.78, 5) is 77.8. The molecule has 5 fully saturated rings. The molecule has 9 rings (SSSR count). The van der Waals surface area contributed by atoms with Crippen molar-refractivity contribution in [3.8, 4) is 6.07 Å². The molecule has 0 bridgehead atoms. The molecule has 5 amide bonds. The molecule has 60 heavy (non-hydrogen) atoms.